The quantitative estimate of drug-likeness (QED) is 0.479. The zero-order valence-electron chi connectivity index (χ0n) is 11.5. The van der Waals surface area contributed by atoms with Crippen LogP contribution in [0.4, 0.5) is 5.00 Å². The molecule has 6 nitrogen and oxygen atoms in total. The standard InChI is InChI=1S/C12H16N2O4S/c1-7-8(11(15)17-4)10(13-6-14(2)3)19-9(7)12(16)18-5/h6H,1-5H3/b13-6+. The molecule has 0 amide bonds. The van der Waals surface area contributed by atoms with Crippen molar-refractivity contribution < 1.29 is 19.1 Å². The average molecular weight is 284 g/mol. The minimum atomic E-state index is -0.519. The van der Waals surface area contributed by atoms with Crippen LogP contribution in [-0.2, 0) is 9.47 Å². The van der Waals surface area contributed by atoms with Gasteiger partial charge in [0.1, 0.15) is 15.4 Å². The SMILES string of the molecule is COC(=O)c1sc(/N=C/N(C)C)c(C(=O)OC)c1C. The summed E-state index contributed by atoms with van der Waals surface area (Å²) in [5, 5.41) is 0.429. The molecule has 0 radical (unpaired) electrons. The molecule has 1 aromatic rings. The van der Waals surface area contributed by atoms with E-state index in [-0.39, 0.29) is 0 Å². The lowest BCUT2D eigenvalue weighted by Gasteiger charge is -2.03. The number of hydrogen-bond acceptors (Lipinski definition) is 6. The fourth-order valence-corrected chi connectivity index (χ4v) is 2.44. The molecule has 19 heavy (non-hydrogen) atoms. The molecule has 0 fully saturated rings. The first-order chi connectivity index (χ1) is 8.92. The zero-order chi connectivity index (χ0) is 14.6. The first-order valence-electron chi connectivity index (χ1n) is 5.43. The Morgan fingerprint density at radius 1 is 1.21 bits per heavy atom. The number of thiophene rings is 1. The van der Waals surface area contributed by atoms with E-state index in [0.29, 0.717) is 21.0 Å². The third kappa shape index (κ3) is 3.31. The van der Waals surface area contributed by atoms with Gasteiger partial charge in [-0.1, -0.05) is 0 Å². The number of hydrogen-bond donors (Lipinski definition) is 0. The molecule has 0 aliphatic carbocycles. The summed E-state index contributed by atoms with van der Waals surface area (Å²) in [7, 11) is 6.20. The van der Waals surface area contributed by atoms with Gasteiger partial charge in [0.2, 0.25) is 0 Å². The predicted octanol–water partition coefficient (Wildman–Crippen LogP) is 1.85. The minimum absolute atomic E-state index is 0.297. The molecular weight excluding hydrogens is 268 g/mol. The molecule has 0 saturated carbocycles. The Kier molecular flexibility index (Phi) is 5.05. The maximum atomic E-state index is 11.8. The van der Waals surface area contributed by atoms with Crippen molar-refractivity contribution >= 4 is 34.6 Å². The van der Waals surface area contributed by atoms with E-state index in [1.807, 2.05) is 14.1 Å². The van der Waals surface area contributed by atoms with Gasteiger partial charge in [0.25, 0.3) is 0 Å². The Morgan fingerprint density at radius 3 is 2.26 bits per heavy atom. The van der Waals surface area contributed by atoms with Crippen LogP contribution in [0.1, 0.15) is 25.6 Å². The van der Waals surface area contributed by atoms with Crippen molar-refractivity contribution in [1.29, 1.82) is 0 Å². The van der Waals surface area contributed by atoms with E-state index < -0.39 is 11.9 Å². The summed E-state index contributed by atoms with van der Waals surface area (Å²) < 4.78 is 9.40. The Hall–Kier alpha value is -1.89. The molecular formula is C12H16N2O4S. The third-order valence-electron chi connectivity index (χ3n) is 2.29. The average Bonchev–Trinajstić information content (AvgIpc) is 2.71. The van der Waals surface area contributed by atoms with Crippen LogP contribution in [0.25, 0.3) is 0 Å². The lowest BCUT2D eigenvalue weighted by molar-refractivity contribution is 0.0601. The summed E-state index contributed by atoms with van der Waals surface area (Å²) >= 11 is 1.10. The van der Waals surface area contributed by atoms with Crippen LogP contribution in [0, 0.1) is 6.92 Å². The number of carbonyl (C=O) groups is 2. The van der Waals surface area contributed by atoms with Gasteiger partial charge in [0, 0.05) is 14.1 Å². The van der Waals surface area contributed by atoms with Gasteiger partial charge >= 0.3 is 11.9 Å². The molecule has 1 rings (SSSR count). The molecule has 0 aliphatic heterocycles. The zero-order valence-corrected chi connectivity index (χ0v) is 12.3. The monoisotopic (exact) mass is 284 g/mol. The van der Waals surface area contributed by atoms with E-state index in [0.717, 1.165) is 11.3 Å². The smallest absolute Gasteiger partial charge is 0.348 e. The van der Waals surface area contributed by atoms with Gasteiger partial charge in [-0.05, 0) is 12.5 Å². The second-order valence-corrected chi connectivity index (χ2v) is 4.93. The predicted molar refractivity (Wildman–Crippen MR) is 73.6 cm³/mol. The third-order valence-corrected chi connectivity index (χ3v) is 3.47. The van der Waals surface area contributed by atoms with Crippen molar-refractivity contribution in [2.24, 2.45) is 4.99 Å². The van der Waals surface area contributed by atoms with E-state index in [9.17, 15) is 9.59 Å². The number of carbonyl (C=O) groups excluding carboxylic acids is 2. The van der Waals surface area contributed by atoms with Crippen LogP contribution < -0.4 is 0 Å². The van der Waals surface area contributed by atoms with Crippen LogP contribution in [0.3, 0.4) is 0 Å². The molecule has 0 aliphatic rings. The number of methoxy groups -OCH3 is 2. The molecule has 0 N–H and O–H groups in total. The minimum Gasteiger partial charge on any atom is -0.465 e. The van der Waals surface area contributed by atoms with Crippen LogP contribution in [0.2, 0.25) is 0 Å². The van der Waals surface area contributed by atoms with Gasteiger partial charge in [-0.3, -0.25) is 0 Å². The fourth-order valence-electron chi connectivity index (χ4n) is 1.39. The molecule has 1 heterocycles. The summed E-state index contributed by atoms with van der Waals surface area (Å²) in [6.07, 6.45) is 1.55. The van der Waals surface area contributed by atoms with Gasteiger partial charge in [0.15, 0.2) is 0 Å². The normalized spacial score (nSPS) is 10.6. The number of ether oxygens (including phenoxy) is 2. The van der Waals surface area contributed by atoms with Crippen LogP contribution >= 0.6 is 11.3 Å². The Bertz CT molecular complexity index is 520. The highest BCUT2D eigenvalue weighted by molar-refractivity contribution is 7.18. The largest absolute Gasteiger partial charge is 0.465 e. The van der Waals surface area contributed by atoms with Gasteiger partial charge in [-0.15, -0.1) is 11.3 Å². The van der Waals surface area contributed by atoms with E-state index in [1.165, 1.54) is 14.2 Å². The lowest BCUT2D eigenvalue weighted by Crippen LogP contribution is -2.08. The molecule has 0 spiro atoms. The second-order valence-electron chi connectivity index (χ2n) is 3.93. The Labute approximate surface area is 115 Å². The maximum Gasteiger partial charge on any atom is 0.348 e. The van der Waals surface area contributed by atoms with E-state index in [1.54, 1.807) is 18.2 Å². The fraction of sp³-hybridized carbons (Fsp3) is 0.417. The second kappa shape index (κ2) is 6.33. The van der Waals surface area contributed by atoms with Crippen molar-refractivity contribution in [3.63, 3.8) is 0 Å². The van der Waals surface area contributed by atoms with Crippen LogP contribution in [-0.4, -0.2) is 51.5 Å². The lowest BCUT2D eigenvalue weighted by atomic mass is 10.1. The molecule has 104 valence electrons. The summed E-state index contributed by atoms with van der Waals surface area (Å²) in [4.78, 5) is 29.7. The Morgan fingerprint density at radius 2 is 1.79 bits per heavy atom. The summed E-state index contributed by atoms with van der Waals surface area (Å²) in [6.45, 7) is 1.67. The number of nitrogens with zero attached hydrogens (tertiary/aromatic N) is 2. The topological polar surface area (TPSA) is 68.2 Å². The highest BCUT2D eigenvalue weighted by Gasteiger charge is 2.25. The number of esters is 2. The van der Waals surface area contributed by atoms with E-state index in [2.05, 4.69) is 9.73 Å². The van der Waals surface area contributed by atoms with Crippen molar-refractivity contribution in [2.75, 3.05) is 28.3 Å². The van der Waals surface area contributed by atoms with Gasteiger partial charge < -0.3 is 14.4 Å². The van der Waals surface area contributed by atoms with Crippen molar-refractivity contribution in [2.45, 2.75) is 6.92 Å². The van der Waals surface area contributed by atoms with Crippen molar-refractivity contribution in [1.82, 2.24) is 4.90 Å². The van der Waals surface area contributed by atoms with Crippen molar-refractivity contribution in [3.8, 4) is 0 Å². The molecule has 1 aromatic heterocycles. The summed E-state index contributed by atoms with van der Waals surface area (Å²) in [6, 6.07) is 0. The summed E-state index contributed by atoms with van der Waals surface area (Å²) in [5.74, 6) is -1.01. The Balaban J connectivity index is 3.35. The van der Waals surface area contributed by atoms with Gasteiger partial charge in [0.05, 0.1) is 20.6 Å². The first-order valence-corrected chi connectivity index (χ1v) is 6.24. The highest BCUT2D eigenvalue weighted by atomic mass is 32.1. The molecule has 0 unspecified atom stereocenters. The number of aliphatic imine (C=N–C) groups is 1. The molecule has 7 heteroatoms. The highest BCUT2D eigenvalue weighted by Crippen LogP contribution is 2.36. The molecule has 0 bridgehead atoms. The van der Waals surface area contributed by atoms with Crippen LogP contribution in [0.5, 0.6) is 0 Å². The molecule has 0 aromatic carbocycles. The molecule has 0 atom stereocenters. The van der Waals surface area contributed by atoms with Gasteiger partial charge in [-0.25, -0.2) is 14.6 Å². The molecule has 0 saturated heterocycles. The number of rotatable bonds is 4. The van der Waals surface area contributed by atoms with E-state index in [4.69, 9.17) is 4.74 Å². The maximum absolute atomic E-state index is 11.8. The summed E-state index contributed by atoms with van der Waals surface area (Å²) in [5.41, 5.74) is 0.820. The van der Waals surface area contributed by atoms with Crippen molar-refractivity contribution in [3.05, 3.63) is 16.0 Å². The van der Waals surface area contributed by atoms with E-state index >= 15 is 0 Å². The first kappa shape index (κ1) is 15.2. The van der Waals surface area contributed by atoms with Crippen LogP contribution in [0.15, 0.2) is 4.99 Å². The van der Waals surface area contributed by atoms with Gasteiger partial charge in [-0.2, -0.15) is 0 Å².